The molecule has 7 nitrogen and oxygen atoms in total. The van der Waals surface area contributed by atoms with E-state index in [0.29, 0.717) is 0 Å². The number of carbonyl (C=O) groups excluding carboxylic acids is 3. The van der Waals surface area contributed by atoms with Crippen LogP contribution >= 0.6 is 0 Å². The first-order valence-electron chi connectivity index (χ1n) is 12.1. The monoisotopic (exact) mass is 484 g/mol. The van der Waals surface area contributed by atoms with E-state index >= 15 is 0 Å². The van der Waals surface area contributed by atoms with E-state index in [1.165, 1.54) is 4.90 Å². The fourth-order valence-electron chi connectivity index (χ4n) is 4.99. The quantitative estimate of drug-likeness (QED) is 0.579. The summed E-state index contributed by atoms with van der Waals surface area (Å²) in [5.74, 6) is -1.000. The van der Waals surface area contributed by atoms with Gasteiger partial charge in [0.15, 0.2) is 0 Å². The van der Waals surface area contributed by atoms with E-state index in [-0.39, 0.29) is 19.1 Å². The molecule has 2 aliphatic rings. The summed E-state index contributed by atoms with van der Waals surface area (Å²) in [5.41, 5.74) is 5.37. The van der Waals surface area contributed by atoms with E-state index in [2.05, 4.69) is 17.4 Å². The SMILES string of the molecule is C[C@H](NC(=O)OCC1c2ccccc2-c2ccccc21)C(=O)N1C[C@@H](c2ccccc2)O[C@@H](C)C1=O. The highest BCUT2D eigenvalue weighted by atomic mass is 16.5. The maximum atomic E-state index is 13.1. The molecule has 0 saturated carbocycles. The van der Waals surface area contributed by atoms with Gasteiger partial charge < -0.3 is 14.8 Å². The summed E-state index contributed by atoms with van der Waals surface area (Å²) in [6.45, 7) is 3.41. The molecule has 184 valence electrons. The number of fused-ring (bicyclic) bond motifs is 3. The molecule has 1 saturated heterocycles. The molecule has 0 unspecified atom stereocenters. The van der Waals surface area contributed by atoms with Crippen LogP contribution in [-0.2, 0) is 19.1 Å². The minimum atomic E-state index is -0.939. The van der Waals surface area contributed by atoms with Gasteiger partial charge in [-0.1, -0.05) is 78.9 Å². The number of hydrogen-bond donors (Lipinski definition) is 1. The summed E-state index contributed by atoms with van der Waals surface area (Å²) in [4.78, 5) is 39.6. The lowest BCUT2D eigenvalue weighted by atomic mass is 9.98. The minimum absolute atomic E-state index is 0.0811. The average Bonchev–Trinajstić information content (AvgIpc) is 3.22. The van der Waals surface area contributed by atoms with Crippen molar-refractivity contribution < 1.29 is 23.9 Å². The van der Waals surface area contributed by atoms with Crippen LogP contribution in [0, 0.1) is 0 Å². The van der Waals surface area contributed by atoms with Crippen molar-refractivity contribution in [1.82, 2.24) is 10.2 Å². The highest BCUT2D eigenvalue weighted by molar-refractivity contribution is 6.00. The minimum Gasteiger partial charge on any atom is -0.449 e. The largest absolute Gasteiger partial charge is 0.449 e. The van der Waals surface area contributed by atoms with Crippen molar-refractivity contribution in [3.05, 3.63) is 95.6 Å². The van der Waals surface area contributed by atoms with E-state index in [1.807, 2.05) is 66.7 Å². The van der Waals surface area contributed by atoms with Crippen LogP contribution in [0.25, 0.3) is 11.1 Å². The molecule has 3 aromatic rings. The Morgan fingerprint density at radius 2 is 1.56 bits per heavy atom. The molecular weight excluding hydrogens is 456 g/mol. The Hall–Kier alpha value is -3.97. The number of morpholine rings is 1. The normalized spacial score (nSPS) is 19.8. The van der Waals surface area contributed by atoms with Gasteiger partial charge >= 0.3 is 6.09 Å². The van der Waals surface area contributed by atoms with Gasteiger partial charge in [0.2, 0.25) is 0 Å². The summed E-state index contributed by atoms with van der Waals surface area (Å²) in [6, 6.07) is 24.7. The van der Waals surface area contributed by atoms with Gasteiger partial charge in [-0.25, -0.2) is 4.79 Å². The molecule has 1 heterocycles. The van der Waals surface area contributed by atoms with Crippen molar-refractivity contribution in [2.24, 2.45) is 0 Å². The molecule has 5 rings (SSSR count). The van der Waals surface area contributed by atoms with E-state index in [1.54, 1.807) is 13.8 Å². The van der Waals surface area contributed by atoms with Gasteiger partial charge in [0.25, 0.3) is 11.8 Å². The fraction of sp³-hybridized carbons (Fsp3) is 0.276. The zero-order valence-corrected chi connectivity index (χ0v) is 20.2. The van der Waals surface area contributed by atoms with Crippen LogP contribution in [0.3, 0.4) is 0 Å². The summed E-state index contributed by atoms with van der Waals surface area (Å²) in [6.07, 6.45) is -1.90. The lowest BCUT2D eigenvalue weighted by Crippen LogP contribution is -2.56. The van der Waals surface area contributed by atoms with E-state index < -0.39 is 36.2 Å². The predicted molar refractivity (Wildman–Crippen MR) is 134 cm³/mol. The number of ether oxygens (including phenoxy) is 2. The smallest absolute Gasteiger partial charge is 0.407 e. The molecule has 3 amide bonds. The Balaban J connectivity index is 1.22. The molecule has 1 N–H and O–H groups in total. The van der Waals surface area contributed by atoms with Crippen LogP contribution in [0.5, 0.6) is 0 Å². The van der Waals surface area contributed by atoms with E-state index in [0.717, 1.165) is 27.8 Å². The van der Waals surface area contributed by atoms with Crippen LogP contribution in [0.4, 0.5) is 4.79 Å². The molecule has 7 heteroatoms. The summed E-state index contributed by atoms with van der Waals surface area (Å²) >= 11 is 0. The number of alkyl carbamates (subject to hydrolysis) is 1. The number of hydrogen-bond acceptors (Lipinski definition) is 5. The van der Waals surface area contributed by atoms with Crippen molar-refractivity contribution in [2.75, 3.05) is 13.2 Å². The first kappa shape index (κ1) is 23.8. The highest BCUT2D eigenvalue weighted by Crippen LogP contribution is 2.44. The summed E-state index contributed by atoms with van der Waals surface area (Å²) < 4.78 is 11.4. The van der Waals surface area contributed by atoms with Crippen molar-refractivity contribution >= 4 is 17.9 Å². The Morgan fingerprint density at radius 1 is 0.972 bits per heavy atom. The van der Waals surface area contributed by atoms with Crippen LogP contribution < -0.4 is 5.32 Å². The lowest BCUT2D eigenvalue weighted by molar-refractivity contribution is -0.168. The third kappa shape index (κ3) is 4.50. The molecule has 0 radical (unpaired) electrons. The van der Waals surface area contributed by atoms with Gasteiger partial charge in [-0.15, -0.1) is 0 Å². The van der Waals surface area contributed by atoms with Crippen LogP contribution in [0.15, 0.2) is 78.9 Å². The number of rotatable bonds is 5. The van der Waals surface area contributed by atoms with Crippen molar-refractivity contribution in [3.63, 3.8) is 0 Å². The number of benzene rings is 3. The Bertz CT molecular complexity index is 1250. The van der Waals surface area contributed by atoms with Crippen molar-refractivity contribution in [1.29, 1.82) is 0 Å². The number of imide groups is 1. The summed E-state index contributed by atoms with van der Waals surface area (Å²) in [7, 11) is 0. The number of nitrogens with zero attached hydrogens (tertiary/aromatic N) is 1. The Kier molecular flexibility index (Phi) is 6.57. The first-order chi connectivity index (χ1) is 17.4. The molecule has 3 aromatic carbocycles. The first-order valence-corrected chi connectivity index (χ1v) is 12.1. The van der Waals surface area contributed by atoms with Gasteiger partial charge in [0, 0.05) is 5.92 Å². The number of nitrogens with one attached hydrogen (secondary N) is 1. The Labute approximate surface area is 210 Å². The Morgan fingerprint density at radius 3 is 2.19 bits per heavy atom. The summed E-state index contributed by atoms with van der Waals surface area (Å²) in [5, 5.41) is 2.59. The average molecular weight is 485 g/mol. The third-order valence-corrected chi connectivity index (χ3v) is 6.82. The third-order valence-electron chi connectivity index (χ3n) is 6.82. The van der Waals surface area contributed by atoms with Crippen LogP contribution in [0.1, 0.15) is 42.6 Å². The van der Waals surface area contributed by atoms with Gasteiger partial charge in [0.05, 0.1) is 6.54 Å². The molecule has 36 heavy (non-hydrogen) atoms. The zero-order valence-electron chi connectivity index (χ0n) is 20.2. The second-order valence-electron chi connectivity index (χ2n) is 9.16. The van der Waals surface area contributed by atoms with Gasteiger partial charge in [-0.2, -0.15) is 0 Å². The fourth-order valence-corrected chi connectivity index (χ4v) is 4.99. The second kappa shape index (κ2) is 9.95. The second-order valence-corrected chi connectivity index (χ2v) is 9.16. The van der Waals surface area contributed by atoms with E-state index in [9.17, 15) is 14.4 Å². The number of amides is 3. The standard InChI is InChI=1S/C29H28N2O5/c1-18(27(32)31-16-26(36-19(2)28(31)33)20-10-4-3-5-11-20)30-29(34)35-17-25-23-14-8-6-12-21(23)22-13-7-9-15-24(22)25/h3-15,18-19,25-26H,16-17H2,1-2H3,(H,30,34)/t18-,19-,26-/m0/s1. The molecular formula is C29H28N2O5. The van der Waals surface area contributed by atoms with Crippen LogP contribution in [-0.4, -0.2) is 48.1 Å². The van der Waals surface area contributed by atoms with Gasteiger partial charge in [-0.05, 0) is 41.7 Å². The van der Waals surface area contributed by atoms with Crippen molar-refractivity contribution in [3.8, 4) is 11.1 Å². The topological polar surface area (TPSA) is 84.9 Å². The van der Waals surface area contributed by atoms with Gasteiger partial charge in [-0.3, -0.25) is 14.5 Å². The molecule has 1 aliphatic carbocycles. The zero-order chi connectivity index (χ0) is 25.2. The molecule has 3 atom stereocenters. The molecule has 1 fully saturated rings. The maximum absolute atomic E-state index is 13.1. The number of carbonyl (C=O) groups is 3. The van der Waals surface area contributed by atoms with E-state index in [4.69, 9.17) is 9.47 Å². The highest BCUT2D eigenvalue weighted by Gasteiger charge is 2.38. The molecule has 0 spiro atoms. The lowest BCUT2D eigenvalue weighted by Gasteiger charge is -2.36. The maximum Gasteiger partial charge on any atom is 0.407 e. The molecule has 0 bridgehead atoms. The molecule has 0 aromatic heterocycles. The predicted octanol–water partition coefficient (Wildman–Crippen LogP) is 4.43. The molecule has 1 aliphatic heterocycles. The van der Waals surface area contributed by atoms with Crippen LogP contribution in [0.2, 0.25) is 0 Å². The van der Waals surface area contributed by atoms with Crippen molar-refractivity contribution in [2.45, 2.75) is 38.0 Å². The van der Waals surface area contributed by atoms with Gasteiger partial charge in [0.1, 0.15) is 24.9 Å².